The number of rotatable bonds is 6. The second-order valence-corrected chi connectivity index (χ2v) is 6.79. The van der Waals surface area contributed by atoms with E-state index in [1.165, 1.54) is 0 Å². The molecule has 1 saturated carbocycles. The molecule has 23 heavy (non-hydrogen) atoms. The van der Waals surface area contributed by atoms with Gasteiger partial charge in [-0.2, -0.15) is 0 Å². The number of amides is 1. The molecule has 1 fully saturated rings. The number of aliphatic carboxylic acids is 1. The second kappa shape index (κ2) is 7.13. The van der Waals surface area contributed by atoms with Crippen molar-refractivity contribution < 1.29 is 14.7 Å². The number of carboxylic acids is 1. The summed E-state index contributed by atoms with van der Waals surface area (Å²) in [5, 5.41) is 12.4. The molecule has 0 aromatic heterocycles. The Kier molecular flexibility index (Phi) is 5.42. The summed E-state index contributed by atoms with van der Waals surface area (Å²) in [5.74, 6) is -0.946. The van der Waals surface area contributed by atoms with E-state index >= 15 is 0 Å². The van der Waals surface area contributed by atoms with Crippen molar-refractivity contribution in [2.24, 2.45) is 5.41 Å². The van der Waals surface area contributed by atoms with Gasteiger partial charge in [0.25, 0.3) is 0 Å². The molecule has 1 unspecified atom stereocenters. The fourth-order valence-corrected chi connectivity index (χ4v) is 3.30. The van der Waals surface area contributed by atoms with Gasteiger partial charge in [0, 0.05) is 6.54 Å². The highest BCUT2D eigenvalue weighted by molar-refractivity contribution is 5.84. The Morgan fingerprint density at radius 3 is 2.26 bits per heavy atom. The average molecular weight is 318 g/mol. The largest absolute Gasteiger partial charge is 0.481 e. The summed E-state index contributed by atoms with van der Waals surface area (Å²) in [6, 6.07) is 7.44. The molecule has 0 aliphatic heterocycles. The topological polar surface area (TPSA) is 69.6 Å². The molecule has 1 aliphatic rings. The first-order valence-electron chi connectivity index (χ1n) is 8.10. The zero-order valence-electron chi connectivity index (χ0n) is 14.1. The van der Waals surface area contributed by atoms with Gasteiger partial charge in [-0.3, -0.25) is 14.5 Å². The monoisotopic (exact) mass is 318 g/mol. The number of hydrogen-bond donors (Lipinski definition) is 2. The molecule has 1 aromatic carbocycles. The van der Waals surface area contributed by atoms with Gasteiger partial charge < -0.3 is 10.4 Å². The van der Waals surface area contributed by atoms with Gasteiger partial charge in [0.2, 0.25) is 5.91 Å². The van der Waals surface area contributed by atoms with E-state index in [9.17, 15) is 14.7 Å². The van der Waals surface area contributed by atoms with Crippen LogP contribution in [0.4, 0.5) is 0 Å². The van der Waals surface area contributed by atoms with Gasteiger partial charge in [-0.25, -0.2) is 0 Å². The molecular weight excluding hydrogens is 292 g/mol. The fourth-order valence-electron chi connectivity index (χ4n) is 3.30. The summed E-state index contributed by atoms with van der Waals surface area (Å²) in [6.45, 7) is 2.21. The lowest BCUT2D eigenvalue weighted by molar-refractivity contribution is -0.148. The zero-order valence-corrected chi connectivity index (χ0v) is 14.1. The summed E-state index contributed by atoms with van der Waals surface area (Å²) in [6.07, 6.45) is 3.11. The van der Waals surface area contributed by atoms with Crippen molar-refractivity contribution in [2.75, 3.05) is 20.6 Å². The Bertz CT molecular complexity index is 560. The highest BCUT2D eigenvalue weighted by Gasteiger charge is 2.41. The molecule has 1 aliphatic carbocycles. The maximum absolute atomic E-state index is 12.6. The van der Waals surface area contributed by atoms with E-state index in [4.69, 9.17) is 0 Å². The summed E-state index contributed by atoms with van der Waals surface area (Å²) in [7, 11) is 3.71. The Hall–Kier alpha value is -1.88. The number of carbonyl (C=O) groups is 2. The predicted molar refractivity (Wildman–Crippen MR) is 89.2 cm³/mol. The number of nitrogens with one attached hydrogen (secondary N) is 1. The SMILES string of the molecule is Cc1ccc(C(C(=O)NCC2(C(=O)O)CCCC2)N(C)C)cc1. The molecule has 126 valence electrons. The molecule has 0 bridgehead atoms. The Labute approximate surface area is 137 Å². The second-order valence-electron chi connectivity index (χ2n) is 6.79. The van der Waals surface area contributed by atoms with E-state index in [1.54, 1.807) is 0 Å². The van der Waals surface area contributed by atoms with Crippen molar-refractivity contribution in [1.82, 2.24) is 10.2 Å². The van der Waals surface area contributed by atoms with Gasteiger partial charge >= 0.3 is 5.97 Å². The molecule has 1 aromatic rings. The Morgan fingerprint density at radius 2 is 1.78 bits per heavy atom. The maximum Gasteiger partial charge on any atom is 0.311 e. The molecule has 2 N–H and O–H groups in total. The van der Waals surface area contributed by atoms with Crippen LogP contribution < -0.4 is 5.32 Å². The first-order valence-corrected chi connectivity index (χ1v) is 8.10. The smallest absolute Gasteiger partial charge is 0.311 e. The van der Waals surface area contributed by atoms with Crippen molar-refractivity contribution in [3.05, 3.63) is 35.4 Å². The van der Waals surface area contributed by atoms with Crippen molar-refractivity contribution in [1.29, 1.82) is 0 Å². The minimum atomic E-state index is -0.799. The summed E-state index contributed by atoms with van der Waals surface area (Å²) < 4.78 is 0. The van der Waals surface area contributed by atoms with Crippen LogP contribution >= 0.6 is 0 Å². The number of carboxylic acid groups (broad SMARTS) is 1. The van der Waals surface area contributed by atoms with Gasteiger partial charge in [0.1, 0.15) is 6.04 Å². The highest BCUT2D eigenvalue weighted by atomic mass is 16.4. The van der Waals surface area contributed by atoms with Gasteiger partial charge in [-0.05, 0) is 39.4 Å². The van der Waals surface area contributed by atoms with Crippen molar-refractivity contribution in [2.45, 2.75) is 38.6 Å². The standard InChI is InChI=1S/C18H26N2O3/c1-13-6-8-14(9-7-13)15(20(2)3)16(21)19-12-18(17(22)23)10-4-5-11-18/h6-9,15H,4-5,10-12H2,1-3H3,(H,19,21)(H,22,23). The molecule has 2 rings (SSSR count). The van der Waals surface area contributed by atoms with Crippen LogP contribution in [0.25, 0.3) is 0 Å². The summed E-state index contributed by atoms with van der Waals surface area (Å²) in [4.78, 5) is 26.1. The van der Waals surface area contributed by atoms with E-state index in [0.717, 1.165) is 24.0 Å². The maximum atomic E-state index is 12.6. The average Bonchev–Trinajstić information content (AvgIpc) is 2.97. The molecule has 1 amide bonds. The van der Waals surface area contributed by atoms with Crippen LogP contribution in [0.2, 0.25) is 0 Å². The first-order chi connectivity index (χ1) is 10.9. The summed E-state index contributed by atoms with van der Waals surface area (Å²) in [5.41, 5.74) is 1.26. The number of carbonyl (C=O) groups excluding carboxylic acids is 1. The number of nitrogens with zero attached hydrogens (tertiary/aromatic N) is 1. The van der Waals surface area contributed by atoms with Crippen LogP contribution in [-0.4, -0.2) is 42.5 Å². The lowest BCUT2D eigenvalue weighted by Crippen LogP contribution is -2.45. The third kappa shape index (κ3) is 3.91. The van der Waals surface area contributed by atoms with Crippen LogP contribution in [0.1, 0.15) is 42.9 Å². The van der Waals surface area contributed by atoms with Crippen LogP contribution in [0.5, 0.6) is 0 Å². The van der Waals surface area contributed by atoms with E-state index < -0.39 is 17.4 Å². The van der Waals surface area contributed by atoms with E-state index in [0.29, 0.717) is 12.8 Å². The molecule has 5 heteroatoms. The quantitative estimate of drug-likeness (QED) is 0.845. The van der Waals surface area contributed by atoms with Crippen molar-refractivity contribution in [3.8, 4) is 0 Å². The minimum Gasteiger partial charge on any atom is -0.481 e. The van der Waals surface area contributed by atoms with Crippen LogP contribution in [0.15, 0.2) is 24.3 Å². The molecule has 5 nitrogen and oxygen atoms in total. The van der Waals surface area contributed by atoms with Gasteiger partial charge in [0.05, 0.1) is 5.41 Å². The first kappa shape index (κ1) is 17.5. The lowest BCUT2D eigenvalue weighted by atomic mass is 9.86. The molecule has 0 saturated heterocycles. The van der Waals surface area contributed by atoms with E-state index in [1.807, 2.05) is 50.2 Å². The van der Waals surface area contributed by atoms with Gasteiger partial charge in [0.15, 0.2) is 0 Å². The van der Waals surface area contributed by atoms with Crippen molar-refractivity contribution >= 4 is 11.9 Å². The predicted octanol–water partition coefficient (Wildman–Crippen LogP) is 2.36. The fraction of sp³-hybridized carbons (Fsp3) is 0.556. The molecule has 0 heterocycles. The molecule has 0 spiro atoms. The van der Waals surface area contributed by atoms with Crippen LogP contribution in [0.3, 0.4) is 0 Å². The third-order valence-electron chi connectivity index (χ3n) is 4.77. The minimum absolute atomic E-state index is 0.147. The van der Waals surface area contributed by atoms with E-state index in [2.05, 4.69) is 5.32 Å². The molecule has 0 radical (unpaired) electrons. The number of benzene rings is 1. The van der Waals surface area contributed by atoms with Gasteiger partial charge in [-0.1, -0.05) is 42.7 Å². The summed E-state index contributed by atoms with van der Waals surface area (Å²) >= 11 is 0. The Morgan fingerprint density at radius 1 is 1.22 bits per heavy atom. The highest BCUT2D eigenvalue weighted by Crippen LogP contribution is 2.37. The number of likely N-dealkylation sites (N-methyl/N-ethyl adjacent to an activating group) is 1. The zero-order chi connectivity index (χ0) is 17.0. The van der Waals surface area contributed by atoms with Crippen LogP contribution in [-0.2, 0) is 9.59 Å². The van der Waals surface area contributed by atoms with Crippen LogP contribution in [0, 0.1) is 12.3 Å². The van der Waals surface area contributed by atoms with Gasteiger partial charge in [-0.15, -0.1) is 0 Å². The normalized spacial score (nSPS) is 17.9. The number of aryl methyl sites for hydroxylation is 1. The number of hydrogen-bond acceptors (Lipinski definition) is 3. The van der Waals surface area contributed by atoms with Crippen molar-refractivity contribution in [3.63, 3.8) is 0 Å². The lowest BCUT2D eigenvalue weighted by Gasteiger charge is -2.28. The molecule has 1 atom stereocenters. The third-order valence-corrected chi connectivity index (χ3v) is 4.77. The van der Waals surface area contributed by atoms with E-state index in [-0.39, 0.29) is 12.5 Å². The molecular formula is C18H26N2O3. The Balaban J connectivity index is 2.10.